The zero-order valence-electron chi connectivity index (χ0n) is 30.2. The molecule has 0 amide bonds. The molecule has 0 heterocycles. The van der Waals surface area contributed by atoms with Gasteiger partial charge in [0.1, 0.15) is 0 Å². The molecule has 3 heteroatoms. The van der Waals surface area contributed by atoms with Crippen molar-refractivity contribution in [2.45, 2.75) is 176 Å². The molecule has 0 aromatic heterocycles. The molecule has 1 rings (SSSR count). The van der Waals surface area contributed by atoms with Crippen molar-refractivity contribution in [2.75, 3.05) is 17.3 Å². The van der Waals surface area contributed by atoms with Gasteiger partial charge < -0.3 is 0 Å². The zero-order valence-corrected chi connectivity index (χ0v) is 32.9. The molecule has 0 aliphatic heterocycles. The van der Waals surface area contributed by atoms with Crippen LogP contribution in [0.15, 0.2) is 18.2 Å². The first-order valence-electron chi connectivity index (χ1n) is 17.1. The number of benzene rings is 1. The molecule has 0 saturated carbocycles. The molecule has 0 nitrogen and oxygen atoms in total. The summed E-state index contributed by atoms with van der Waals surface area (Å²) in [5.74, 6) is 2.97. The fraction of sp³-hybridized carbons (Fsp3) is 0.846. The second-order valence-corrected chi connectivity index (χ2v) is 19.4. The Balaban J connectivity index is 3.58. The van der Waals surface area contributed by atoms with Gasteiger partial charge in [-0.05, 0) is 124 Å². The molecule has 0 unspecified atom stereocenters. The second kappa shape index (κ2) is 16.7. The van der Waals surface area contributed by atoms with Gasteiger partial charge in [-0.1, -0.05) is 121 Å². The molecular formula is C39H72S3. The molecule has 0 spiro atoms. The Kier molecular flexibility index (Phi) is 16.0. The van der Waals surface area contributed by atoms with E-state index in [1.54, 1.807) is 0 Å². The maximum atomic E-state index is 4.47. The van der Waals surface area contributed by atoms with Crippen LogP contribution in [0.25, 0.3) is 0 Å². The van der Waals surface area contributed by atoms with Gasteiger partial charge in [0, 0.05) is 0 Å². The van der Waals surface area contributed by atoms with Crippen LogP contribution in [0.2, 0.25) is 0 Å². The molecule has 0 aliphatic rings. The van der Waals surface area contributed by atoms with Crippen LogP contribution in [0.1, 0.15) is 177 Å². The van der Waals surface area contributed by atoms with Gasteiger partial charge in [0.2, 0.25) is 0 Å². The van der Waals surface area contributed by atoms with E-state index in [-0.39, 0.29) is 16.2 Å². The fourth-order valence-electron chi connectivity index (χ4n) is 8.11. The Morgan fingerprint density at radius 2 is 0.595 bits per heavy atom. The third-order valence-electron chi connectivity index (χ3n) is 9.82. The first-order valence-corrected chi connectivity index (χ1v) is 19.0. The van der Waals surface area contributed by atoms with Crippen LogP contribution in [0.4, 0.5) is 0 Å². The normalized spacial score (nSPS) is 14.1. The summed E-state index contributed by atoms with van der Waals surface area (Å²) < 4.78 is 0. The molecule has 0 atom stereocenters. The van der Waals surface area contributed by atoms with Crippen molar-refractivity contribution < 1.29 is 0 Å². The highest BCUT2D eigenvalue weighted by atomic mass is 32.1. The van der Waals surface area contributed by atoms with Crippen LogP contribution in [-0.4, -0.2) is 17.3 Å². The van der Waals surface area contributed by atoms with Crippen molar-refractivity contribution in [2.24, 2.45) is 16.2 Å². The largest absolute Gasteiger partial charge is 0.179 e. The molecular weight excluding hydrogens is 565 g/mol. The van der Waals surface area contributed by atoms with E-state index in [1.165, 1.54) is 93.7 Å². The fourth-order valence-corrected chi connectivity index (χ4v) is 8.78. The monoisotopic (exact) mass is 636 g/mol. The third-order valence-corrected chi connectivity index (χ3v) is 10.8. The van der Waals surface area contributed by atoms with Gasteiger partial charge in [-0.25, -0.2) is 0 Å². The summed E-state index contributed by atoms with van der Waals surface area (Å²) in [6.45, 7) is 29.9. The summed E-state index contributed by atoms with van der Waals surface area (Å²) >= 11 is 13.4. The average molecular weight is 637 g/mol. The number of hydrogen-bond acceptors (Lipinski definition) is 3. The second-order valence-electron chi connectivity index (χ2n) is 18.0. The molecule has 1 aromatic rings. The molecule has 246 valence electrons. The van der Waals surface area contributed by atoms with Crippen LogP contribution < -0.4 is 0 Å². The standard InChI is InChI=1S/C39H72S3/c1-34(2,19-13-16-22-40)28-37(7,8)31-25-32(38(9,10)29-35(3,4)20-14-17-23-41)27-33(26-31)39(11,12)30-36(5,6)21-15-18-24-42/h25-27,40-42H,13-24,28-30H2,1-12H3. The third kappa shape index (κ3) is 14.1. The van der Waals surface area contributed by atoms with E-state index in [9.17, 15) is 0 Å². The lowest BCUT2D eigenvalue weighted by Gasteiger charge is -2.41. The maximum Gasteiger partial charge on any atom is -0.00979 e. The van der Waals surface area contributed by atoms with E-state index in [0.29, 0.717) is 16.2 Å². The minimum Gasteiger partial charge on any atom is -0.179 e. The van der Waals surface area contributed by atoms with Gasteiger partial charge in [0.25, 0.3) is 0 Å². The smallest absolute Gasteiger partial charge is 0.00979 e. The summed E-state index contributed by atoms with van der Waals surface area (Å²) in [7, 11) is 0. The molecule has 0 saturated heterocycles. The van der Waals surface area contributed by atoms with E-state index < -0.39 is 0 Å². The highest BCUT2D eigenvalue weighted by Crippen LogP contribution is 2.47. The Morgan fingerprint density at radius 3 is 0.786 bits per heavy atom. The van der Waals surface area contributed by atoms with Crippen molar-refractivity contribution in [3.8, 4) is 0 Å². The van der Waals surface area contributed by atoms with Gasteiger partial charge in [0.05, 0.1) is 0 Å². The Hall–Kier alpha value is 0.270. The Labute approximate surface area is 281 Å². The van der Waals surface area contributed by atoms with Crippen molar-refractivity contribution in [3.05, 3.63) is 34.9 Å². The van der Waals surface area contributed by atoms with Crippen LogP contribution in [0.3, 0.4) is 0 Å². The predicted molar refractivity (Wildman–Crippen MR) is 204 cm³/mol. The molecule has 0 radical (unpaired) electrons. The SMILES string of the molecule is CC(C)(CCCCS)CC(C)(C)c1cc(C(C)(C)CC(C)(C)CCCCS)cc(C(C)(C)CC(C)(C)CCCCS)c1. The number of rotatable bonds is 21. The van der Waals surface area contributed by atoms with Crippen molar-refractivity contribution in [1.29, 1.82) is 0 Å². The first kappa shape index (κ1) is 40.3. The van der Waals surface area contributed by atoms with Crippen LogP contribution in [-0.2, 0) is 16.2 Å². The van der Waals surface area contributed by atoms with E-state index in [4.69, 9.17) is 0 Å². The minimum atomic E-state index is 0.103. The van der Waals surface area contributed by atoms with Gasteiger partial charge in [0.15, 0.2) is 0 Å². The summed E-state index contributed by atoms with van der Waals surface area (Å²) in [6.07, 6.45) is 14.8. The number of thiol groups is 3. The predicted octanol–water partition coefficient (Wildman–Crippen LogP) is 13.1. The number of hydrogen-bond donors (Lipinski definition) is 3. The van der Waals surface area contributed by atoms with Gasteiger partial charge in [-0.2, -0.15) is 37.9 Å². The summed E-state index contributed by atoms with van der Waals surface area (Å²) in [6, 6.07) is 7.81. The quantitative estimate of drug-likeness (QED) is 0.0868. The lowest BCUT2D eigenvalue weighted by molar-refractivity contribution is 0.226. The summed E-state index contributed by atoms with van der Waals surface area (Å²) in [5.41, 5.74) is 5.80. The molecule has 42 heavy (non-hydrogen) atoms. The molecule has 0 fully saturated rings. The van der Waals surface area contributed by atoms with E-state index >= 15 is 0 Å². The topological polar surface area (TPSA) is 0 Å². The Morgan fingerprint density at radius 1 is 0.381 bits per heavy atom. The van der Waals surface area contributed by atoms with Crippen molar-refractivity contribution >= 4 is 37.9 Å². The van der Waals surface area contributed by atoms with Crippen LogP contribution >= 0.6 is 37.9 Å². The highest BCUT2D eigenvalue weighted by Gasteiger charge is 2.37. The molecule has 0 N–H and O–H groups in total. The van der Waals surface area contributed by atoms with Crippen molar-refractivity contribution in [1.82, 2.24) is 0 Å². The van der Waals surface area contributed by atoms with E-state index in [0.717, 1.165) is 17.3 Å². The van der Waals surface area contributed by atoms with E-state index in [1.807, 2.05) is 0 Å². The molecule has 0 aliphatic carbocycles. The summed E-state index contributed by atoms with van der Waals surface area (Å²) in [5, 5.41) is 0. The van der Waals surface area contributed by atoms with Crippen molar-refractivity contribution in [3.63, 3.8) is 0 Å². The number of unbranched alkanes of at least 4 members (excludes halogenated alkanes) is 3. The lowest BCUT2D eigenvalue weighted by Crippen LogP contribution is -2.32. The first-order chi connectivity index (χ1) is 19.1. The maximum absolute atomic E-state index is 4.47. The Bertz CT molecular complexity index is 788. The lowest BCUT2D eigenvalue weighted by atomic mass is 9.64. The molecule has 0 bridgehead atoms. The minimum absolute atomic E-state index is 0.103. The highest BCUT2D eigenvalue weighted by molar-refractivity contribution is 7.80. The average Bonchev–Trinajstić information content (AvgIpc) is 2.82. The molecule has 1 aromatic carbocycles. The van der Waals surface area contributed by atoms with E-state index in [2.05, 4.69) is 139 Å². The van der Waals surface area contributed by atoms with Gasteiger partial charge in [-0.3, -0.25) is 0 Å². The van der Waals surface area contributed by atoms with Crippen LogP contribution in [0.5, 0.6) is 0 Å². The van der Waals surface area contributed by atoms with Gasteiger partial charge in [-0.15, -0.1) is 0 Å². The zero-order chi connectivity index (χ0) is 32.5. The van der Waals surface area contributed by atoms with Gasteiger partial charge >= 0.3 is 0 Å². The van der Waals surface area contributed by atoms with Crippen LogP contribution in [0, 0.1) is 16.2 Å². The summed E-state index contributed by atoms with van der Waals surface area (Å²) in [4.78, 5) is 0.